The molecule has 0 radical (unpaired) electrons. The maximum absolute atomic E-state index is 11.1. The first-order valence-electron chi connectivity index (χ1n) is 8.59. The molecule has 0 atom stereocenters. The standard InChI is InChI=1S/C18H23N3OS/c22-18(8-6-14(7-9-18)21-11-3-4-12-21)17-20-13-16(23-17)15-5-1-2-10-19-15/h1-2,5,10,13-14,22H,3-4,6-9,11-12H2. The molecule has 5 heteroatoms. The van der Waals surface area contributed by atoms with Crippen molar-refractivity contribution in [2.75, 3.05) is 13.1 Å². The van der Waals surface area contributed by atoms with E-state index in [0.717, 1.165) is 41.3 Å². The average Bonchev–Trinajstić information content (AvgIpc) is 3.29. The molecule has 23 heavy (non-hydrogen) atoms. The summed E-state index contributed by atoms with van der Waals surface area (Å²) in [6, 6.07) is 6.55. The lowest BCUT2D eigenvalue weighted by Crippen LogP contribution is -2.41. The van der Waals surface area contributed by atoms with E-state index in [-0.39, 0.29) is 0 Å². The number of likely N-dealkylation sites (tertiary alicyclic amines) is 1. The van der Waals surface area contributed by atoms with Gasteiger partial charge in [0.2, 0.25) is 0 Å². The zero-order chi connectivity index (χ0) is 15.7. The van der Waals surface area contributed by atoms with Crippen LogP contribution in [-0.2, 0) is 5.60 Å². The van der Waals surface area contributed by atoms with Gasteiger partial charge in [-0.05, 0) is 63.7 Å². The molecular weight excluding hydrogens is 306 g/mol. The van der Waals surface area contributed by atoms with Gasteiger partial charge in [0, 0.05) is 18.4 Å². The summed E-state index contributed by atoms with van der Waals surface area (Å²) >= 11 is 1.59. The minimum Gasteiger partial charge on any atom is -0.383 e. The summed E-state index contributed by atoms with van der Waals surface area (Å²) in [5.74, 6) is 0. The first-order valence-corrected chi connectivity index (χ1v) is 9.40. The van der Waals surface area contributed by atoms with Crippen LogP contribution in [0.3, 0.4) is 0 Å². The van der Waals surface area contributed by atoms with E-state index in [1.807, 2.05) is 24.4 Å². The minimum atomic E-state index is -0.742. The molecule has 0 aromatic carbocycles. The van der Waals surface area contributed by atoms with Crippen LogP contribution in [0.2, 0.25) is 0 Å². The van der Waals surface area contributed by atoms with E-state index < -0.39 is 5.60 Å². The number of nitrogens with zero attached hydrogens (tertiary/aromatic N) is 3. The molecule has 4 nitrogen and oxygen atoms in total. The Kier molecular flexibility index (Phi) is 4.18. The summed E-state index contributed by atoms with van der Waals surface area (Å²) in [4.78, 5) is 12.6. The molecule has 1 N–H and O–H groups in total. The lowest BCUT2D eigenvalue weighted by molar-refractivity contribution is -0.0222. The third-order valence-electron chi connectivity index (χ3n) is 5.26. The zero-order valence-corrected chi connectivity index (χ0v) is 14.1. The van der Waals surface area contributed by atoms with Crippen molar-refractivity contribution in [3.8, 4) is 10.6 Å². The molecule has 1 saturated heterocycles. The van der Waals surface area contributed by atoms with Crippen molar-refractivity contribution < 1.29 is 5.11 Å². The van der Waals surface area contributed by atoms with Gasteiger partial charge in [-0.3, -0.25) is 4.98 Å². The van der Waals surface area contributed by atoms with Crippen molar-refractivity contribution in [3.05, 3.63) is 35.6 Å². The molecule has 2 fully saturated rings. The molecule has 0 spiro atoms. The number of hydrogen-bond donors (Lipinski definition) is 1. The van der Waals surface area contributed by atoms with E-state index in [9.17, 15) is 5.11 Å². The number of aliphatic hydroxyl groups is 1. The zero-order valence-electron chi connectivity index (χ0n) is 13.3. The second-order valence-electron chi connectivity index (χ2n) is 6.75. The van der Waals surface area contributed by atoms with Gasteiger partial charge in [0.1, 0.15) is 10.6 Å². The highest BCUT2D eigenvalue weighted by Crippen LogP contribution is 2.42. The maximum Gasteiger partial charge on any atom is 0.125 e. The fourth-order valence-electron chi connectivity index (χ4n) is 3.88. The van der Waals surface area contributed by atoms with E-state index >= 15 is 0 Å². The summed E-state index contributed by atoms with van der Waals surface area (Å²) in [5.41, 5.74) is 0.194. The number of thiazole rings is 1. The largest absolute Gasteiger partial charge is 0.383 e. The normalized spacial score (nSPS) is 29.0. The van der Waals surface area contributed by atoms with Crippen LogP contribution in [0, 0.1) is 0 Å². The predicted molar refractivity (Wildman–Crippen MR) is 92.3 cm³/mol. The van der Waals surface area contributed by atoms with Crippen LogP contribution < -0.4 is 0 Å². The topological polar surface area (TPSA) is 49.3 Å². The Morgan fingerprint density at radius 3 is 2.61 bits per heavy atom. The second kappa shape index (κ2) is 6.30. The first-order chi connectivity index (χ1) is 11.2. The minimum absolute atomic E-state index is 0.660. The molecule has 0 amide bonds. The summed E-state index contributed by atoms with van der Waals surface area (Å²) in [6.07, 6.45) is 10.1. The van der Waals surface area contributed by atoms with Crippen LogP contribution in [0.25, 0.3) is 10.6 Å². The molecular formula is C18H23N3OS. The number of rotatable bonds is 3. The highest BCUT2D eigenvalue weighted by Gasteiger charge is 2.39. The van der Waals surface area contributed by atoms with Crippen LogP contribution in [0.5, 0.6) is 0 Å². The maximum atomic E-state index is 11.1. The molecule has 1 aliphatic carbocycles. The second-order valence-corrected chi connectivity index (χ2v) is 7.78. The Morgan fingerprint density at radius 1 is 1.13 bits per heavy atom. The number of aromatic nitrogens is 2. The highest BCUT2D eigenvalue weighted by molar-refractivity contribution is 7.15. The first kappa shape index (κ1) is 15.2. The van der Waals surface area contributed by atoms with Crippen LogP contribution in [0.4, 0.5) is 0 Å². The van der Waals surface area contributed by atoms with Gasteiger partial charge >= 0.3 is 0 Å². The SMILES string of the molecule is OC1(c2ncc(-c3ccccn3)s2)CCC(N2CCCC2)CC1. The van der Waals surface area contributed by atoms with Crippen molar-refractivity contribution in [1.82, 2.24) is 14.9 Å². The molecule has 2 aliphatic rings. The Bertz CT molecular complexity index is 643. The number of hydrogen-bond acceptors (Lipinski definition) is 5. The Morgan fingerprint density at radius 2 is 1.91 bits per heavy atom. The average molecular weight is 329 g/mol. The van der Waals surface area contributed by atoms with Gasteiger partial charge in [-0.15, -0.1) is 11.3 Å². The van der Waals surface area contributed by atoms with Crippen LogP contribution in [0.1, 0.15) is 43.5 Å². The molecule has 3 heterocycles. The molecule has 0 unspecified atom stereocenters. The fourth-order valence-corrected chi connectivity index (χ4v) is 4.92. The lowest BCUT2D eigenvalue weighted by atomic mass is 9.82. The van der Waals surface area contributed by atoms with Crippen molar-refractivity contribution in [1.29, 1.82) is 0 Å². The predicted octanol–water partition coefficient (Wildman–Crippen LogP) is 3.43. The van der Waals surface area contributed by atoms with E-state index in [0.29, 0.717) is 6.04 Å². The van der Waals surface area contributed by atoms with Gasteiger partial charge < -0.3 is 10.0 Å². The van der Waals surface area contributed by atoms with E-state index in [1.54, 1.807) is 17.5 Å². The summed E-state index contributed by atoms with van der Waals surface area (Å²) in [5, 5.41) is 11.9. The molecule has 4 rings (SSSR count). The Labute approximate surface area is 141 Å². The van der Waals surface area contributed by atoms with Crippen molar-refractivity contribution in [2.24, 2.45) is 0 Å². The van der Waals surface area contributed by atoms with E-state index in [1.165, 1.54) is 25.9 Å². The van der Waals surface area contributed by atoms with Gasteiger partial charge in [-0.1, -0.05) is 6.07 Å². The molecule has 1 saturated carbocycles. The summed E-state index contributed by atoms with van der Waals surface area (Å²) in [7, 11) is 0. The molecule has 122 valence electrons. The summed E-state index contributed by atoms with van der Waals surface area (Å²) < 4.78 is 0. The van der Waals surface area contributed by atoms with Gasteiger partial charge in [-0.25, -0.2) is 4.98 Å². The molecule has 2 aromatic heterocycles. The van der Waals surface area contributed by atoms with Gasteiger partial charge in [0.05, 0.1) is 10.6 Å². The van der Waals surface area contributed by atoms with Gasteiger partial charge in [0.15, 0.2) is 0 Å². The van der Waals surface area contributed by atoms with Crippen molar-refractivity contribution in [2.45, 2.75) is 50.2 Å². The van der Waals surface area contributed by atoms with Gasteiger partial charge in [0.25, 0.3) is 0 Å². The fraction of sp³-hybridized carbons (Fsp3) is 0.556. The third-order valence-corrected chi connectivity index (χ3v) is 6.47. The van der Waals surface area contributed by atoms with Crippen LogP contribution in [0.15, 0.2) is 30.6 Å². The quantitative estimate of drug-likeness (QED) is 0.937. The molecule has 0 bridgehead atoms. The lowest BCUT2D eigenvalue weighted by Gasteiger charge is -2.38. The van der Waals surface area contributed by atoms with Crippen molar-refractivity contribution >= 4 is 11.3 Å². The Balaban J connectivity index is 1.47. The van der Waals surface area contributed by atoms with Crippen LogP contribution in [-0.4, -0.2) is 39.1 Å². The third kappa shape index (κ3) is 3.05. The Hall–Kier alpha value is -1.30. The van der Waals surface area contributed by atoms with Crippen LogP contribution >= 0.6 is 11.3 Å². The highest BCUT2D eigenvalue weighted by atomic mass is 32.1. The van der Waals surface area contributed by atoms with E-state index in [2.05, 4.69) is 14.9 Å². The van der Waals surface area contributed by atoms with Gasteiger partial charge in [-0.2, -0.15) is 0 Å². The molecule has 2 aromatic rings. The molecule has 1 aliphatic heterocycles. The van der Waals surface area contributed by atoms with Crippen molar-refractivity contribution in [3.63, 3.8) is 0 Å². The van der Waals surface area contributed by atoms with E-state index in [4.69, 9.17) is 0 Å². The monoisotopic (exact) mass is 329 g/mol. The smallest absolute Gasteiger partial charge is 0.125 e. The summed E-state index contributed by atoms with van der Waals surface area (Å²) in [6.45, 7) is 2.48. The number of pyridine rings is 1.